The number of methoxy groups -OCH3 is 1. The summed E-state index contributed by atoms with van der Waals surface area (Å²) in [4.78, 5) is 28.8. The third-order valence-corrected chi connectivity index (χ3v) is 2.68. The van der Waals surface area contributed by atoms with Gasteiger partial charge in [-0.15, -0.1) is 0 Å². The highest BCUT2D eigenvalue weighted by molar-refractivity contribution is 5.92. The van der Waals surface area contributed by atoms with Crippen molar-refractivity contribution in [3.05, 3.63) is 28.4 Å². The minimum absolute atomic E-state index is 0.0401. The van der Waals surface area contributed by atoms with Crippen molar-refractivity contribution in [2.75, 3.05) is 20.2 Å². The summed E-state index contributed by atoms with van der Waals surface area (Å²) in [5, 5.41) is 5.93. The van der Waals surface area contributed by atoms with Crippen LogP contribution in [0.5, 0.6) is 0 Å². The fourth-order valence-electron chi connectivity index (χ4n) is 1.76. The van der Waals surface area contributed by atoms with Gasteiger partial charge in [-0.3, -0.25) is 9.59 Å². The van der Waals surface area contributed by atoms with Crippen LogP contribution in [0.1, 0.15) is 10.5 Å². The predicted molar refractivity (Wildman–Crippen MR) is 59.8 cm³/mol. The molecule has 2 rings (SSSR count). The van der Waals surface area contributed by atoms with Crippen LogP contribution in [0.3, 0.4) is 0 Å². The van der Waals surface area contributed by atoms with E-state index < -0.39 is 0 Å². The Kier molecular flexibility index (Phi) is 3.50. The van der Waals surface area contributed by atoms with Crippen LogP contribution < -0.4 is 16.2 Å². The molecule has 2 atom stereocenters. The average molecular weight is 238 g/mol. The number of ether oxygens (including phenoxy) is 1. The van der Waals surface area contributed by atoms with Crippen molar-refractivity contribution < 1.29 is 9.53 Å². The van der Waals surface area contributed by atoms with Crippen LogP contribution in [0.4, 0.5) is 0 Å². The molecule has 0 aromatic carbocycles. The predicted octanol–water partition coefficient (Wildman–Crippen LogP) is -1.51. The molecular weight excluding hydrogens is 224 g/mol. The van der Waals surface area contributed by atoms with Gasteiger partial charge >= 0.3 is 0 Å². The first-order valence-corrected chi connectivity index (χ1v) is 5.30. The summed E-state index contributed by atoms with van der Waals surface area (Å²) < 4.78 is 5.22. The summed E-state index contributed by atoms with van der Waals surface area (Å²) in [5.74, 6) is -0.322. The Hall–Kier alpha value is -1.73. The van der Waals surface area contributed by atoms with Crippen LogP contribution in [0, 0.1) is 0 Å². The Morgan fingerprint density at radius 1 is 1.59 bits per heavy atom. The van der Waals surface area contributed by atoms with Gasteiger partial charge in [-0.2, -0.15) is 0 Å². The van der Waals surface area contributed by atoms with E-state index in [1.807, 2.05) is 0 Å². The van der Waals surface area contributed by atoms with Gasteiger partial charge in [0.05, 0.1) is 18.3 Å². The molecule has 7 heteroatoms. The number of nitrogens with one attached hydrogen (secondary N) is 3. The third-order valence-electron chi connectivity index (χ3n) is 2.68. The van der Waals surface area contributed by atoms with Crippen LogP contribution in [0.25, 0.3) is 0 Å². The summed E-state index contributed by atoms with van der Waals surface area (Å²) in [6, 6.07) is -0.0822. The van der Waals surface area contributed by atoms with E-state index in [-0.39, 0.29) is 29.3 Å². The molecule has 1 unspecified atom stereocenters. The maximum Gasteiger partial charge on any atom is 0.271 e. The van der Waals surface area contributed by atoms with Crippen molar-refractivity contribution in [1.29, 1.82) is 0 Å². The van der Waals surface area contributed by atoms with Crippen LogP contribution in [-0.4, -0.2) is 48.2 Å². The van der Waals surface area contributed by atoms with Gasteiger partial charge in [0.15, 0.2) is 0 Å². The van der Waals surface area contributed by atoms with E-state index in [1.165, 1.54) is 6.20 Å². The summed E-state index contributed by atoms with van der Waals surface area (Å²) in [5.41, 5.74) is -0.148. The van der Waals surface area contributed by atoms with Gasteiger partial charge in [-0.05, 0) is 0 Å². The number of H-pyrrole nitrogens is 1. The van der Waals surface area contributed by atoms with Crippen LogP contribution in [0.15, 0.2) is 17.2 Å². The molecule has 1 aliphatic rings. The van der Waals surface area contributed by atoms with E-state index in [4.69, 9.17) is 4.74 Å². The zero-order chi connectivity index (χ0) is 12.3. The highest BCUT2D eigenvalue weighted by Gasteiger charge is 2.28. The highest BCUT2D eigenvalue weighted by atomic mass is 16.5. The molecule has 1 aliphatic heterocycles. The van der Waals surface area contributed by atoms with Gasteiger partial charge in [-0.1, -0.05) is 0 Å². The lowest BCUT2D eigenvalue weighted by Gasteiger charge is -2.18. The van der Waals surface area contributed by atoms with Gasteiger partial charge in [0, 0.05) is 26.4 Å². The molecule has 0 bridgehead atoms. The van der Waals surface area contributed by atoms with E-state index in [0.29, 0.717) is 13.1 Å². The van der Waals surface area contributed by atoms with E-state index >= 15 is 0 Å². The Morgan fingerprint density at radius 3 is 3.06 bits per heavy atom. The molecular formula is C10H14N4O3. The van der Waals surface area contributed by atoms with Gasteiger partial charge in [0.25, 0.3) is 11.5 Å². The lowest BCUT2D eigenvalue weighted by Crippen LogP contribution is -2.43. The largest absolute Gasteiger partial charge is 0.378 e. The number of amides is 1. The summed E-state index contributed by atoms with van der Waals surface area (Å²) >= 11 is 0. The molecule has 92 valence electrons. The second kappa shape index (κ2) is 5.07. The Balaban J connectivity index is 2.01. The molecule has 0 saturated carbocycles. The van der Waals surface area contributed by atoms with Gasteiger partial charge in [0.2, 0.25) is 0 Å². The minimum atomic E-state index is -0.334. The lowest BCUT2D eigenvalue weighted by molar-refractivity contribution is 0.0776. The van der Waals surface area contributed by atoms with Crippen LogP contribution in [0.2, 0.25) is 0 Å². The maximum absolute atomic E-state index is 11.8. The first-order valence-electron chi connectivity index (χ1n) is 5.30. The number of hydrogen-bond donors (Lipinski definition) is 3. The molecule has 17 heavy (non-hydrogen) atoms. The van der Waals surface area contributed by atoms with Crippen LogP contribution in [-0.2, 0) is 4.74 Å². The summed E-state index contributed by atoms with van der Waals surface area (Å²) in [7, 11) is 1.61. The quantitative estimate of drug-likeness (QED) is 0.594. The molecule has 0 spiro atoms. The average Bonchev–Trinajstić information content (AvgIpc) is 2.77. The molecule has 3 N–H and O–H groups in total. The number of nitrogens with zero attached hydrogens (tertiary/aromatic N) is 1. The number of carbonyl (C=O) groups excluding carboxylic acids is 1. The number of hydrogen-bond acceptors (Lipinski definition) is 5. The maximum atomic E-state index is 11.8. The topological polar surface area (TPSA) is 96.1 Å². The SMILES string of the molecule is CO[C@@H]1CNCC1NC(=O)c1c[nH]c(=O)cn1. The van der Waals surface area contributed by atoms with Crippen molar-refractivity contribution in [1.82, 2.24) is 20.6 Å². The number of rotatable bonds is 3. The monoisotopic (exact) mass is 238 g/mol. The smallest absolute Gasteiger partial charge is 0.271 e. The van der Waals surface area contributed by atoms with Crippen molar-refractivity contribution in [2.24, 2.45) is 0 Å². The molecule has 7 nitrogen and oxygen atoms in total. The minimum Gasteiger partial charge on any atom is -0.378 e. The zero-order valence-electron chi connectivity index (χ0n) is 9.40. The zero-order valence-corrected chi connectivity index (χ0v) is 9.40. The van der Waals surface area contributed by atoms with Gasteiger partial charge in [0.1, 0.15) is 5.69 Å². The molecule has 0 aliphatic carbocycles. The Morgan fingerprint density at radius 2 is 2.41 bits per heavy atom. The van der Waals surface area contributed by atoms with Crippen molar-refractivity contribution in [3.63, 3.8) is 0 Å². The van der Waals surface area contributed by atoms with Crippen LogP contribution >= 0.6 is 0 Å². The van der Waals surface area contributed by atoms with E-state index in [2.05, 4.69) is 20.6 Å². The third kappa shape index (κ3) is 2.69. The molecule has 1 amide bonds. The van der Waals surface area contributed by atoms with Crippen molar-refractivity contribution >= 4 is 5.91 Å². The first kappa shape index (κ1) is 11.7. The number of carbonyl (C=O) groups is 1. The summed E-state index contributed by atoms with van der Waals surface area (Å²) in [6.07, 6.45) is 2.33. The summed E-state index contributed by atoms with van der Waals surface area (Å²) in [6.45, 7) is 1.37. The van der Waals surface area contributed by atoms with Crippen molar-refractivity contribution in [3.8, 4) is 0 Å². The molecule has 1 aromatic rings. The molecule has 1 aromatic heterocycles. The second-order valence-corrected chi connectivity index (χ2v) is 3.81. The normalized spacial score (nSPS) is 23.6. The standard InChI is InChI=1S/C10H14N4O3/c1-17-8-4-11-2-6(8)14-10(16)7-3-13-9(15)5-12-7/h3,5-6,8,11H,2,4H2,1H3,(H,13,15)(H,14,16)/t6?,8-/m1/s1. The van der Waals surface area contributed by atoms with Crippen molar-refractivity contribution in [2.45, 2.75) is 12.1 Å². The number of aromatic amines is 1. The van der Waals surface area contributed by atoms with E-state index in [0.717, 1.165) is 6.20 Å². The fourth-order valence-corrected chi connectivity index (χ4v) is 1.76. The molecule has 2 heterocycles. The van der Waals surface area contributed by atoms with E-state index in [1.54, 1.807) is 7.11 Å². The van der Waals surface area contributed by atoms with Gasteiger partial charge < -0.3 is 20.4 Å². The molecule has 1 fully saturated rings. The highest BCUT2D eigenvalue weighted by Crippen LogP contribution is 2.04. The fraction of sp³-hybridized carbons (Fsp3) is 0.500. The number of aromatic nitrogens is 2. The van der Waals surface area contributed by atoms with E-state index in [9.17, 15) is 9.59 Å². The molecule has 1 saturated heterocycles. The molecule has 0 radical (unpaired) electrons. The van der Waals surface area contributed by atoms with Gasteiger partial charge in [-0.25, -0.2) is 4.98 Å². The first-order chi connectivity index (χ1) is 8.20. The Bertz CT molecular complexity index is 439. The lowest BCUT2D eigenvalue weighted by atomic mass is 10.2. The second-order valence-electron chi connectivity index (χ2n) is 3.81. The Labute approximate surface area is 97.6 Å².